The summed E-state index contributed by atoms with van der Waals surface area (Å²) < 4.78 is 0. The summed E-state index contributed by atoms with van der Waals surface area (Å²) in [6.07, 6.45) is 0. The molecule has 9 aromatic carbocycles. The molecule has 0 amide bonds. The van der Waals surface area contributed by atoms with Crippen LogP contribution in [0.2, 0.25) is 19.6 Å². The minimum absolute atomic E-state index is 0.0874. The number of hydrogen-bond donors (Lipinski definition) is 0. The van der Waals surface area contributed by atoms with Gasteiger partial charge in [0.1, 0.15) is 0 Å². The number of hydrogen-bond acceptors (Lipinski definition) is 1. The Labute approximate surface area is 346 Å². The van der Waals surface area contributed by atoms with Gasteiger partial charge in [-0.15, -0.1) is 0 Å². The molecule has 0 saturated carbocycles. The molecule has 0 saturated heterocycles. The molecule has 0 aliphatic carbocycles. The molecule has 0 aromatic heterocycles. The Morgan fingerprint density at radius 2 is 0.948 bits per heavy atom. The van der Waals surface area contributed by atoms with Crippen molar-refractivity contribution in [3.05, 3.63) is 185 Å². The molecule has 1 nitrogen and oxygen atoms in total. The maximum Gasteiger partial charge on any atom is 0.243 e. The van der Waals surface area contributed by atoms with Gasteiger partial charge in [-0.1, -0.05) is 202 Å². The smallest absolute Gasteiger partial charge is 0.243 e. The van der Waals surface area contributed by atoms with Gasteiger partial charge in [0, 0.05) is 16.6 Å². The van der Waals surface area contributed by atoms with Crippen molar-refractivity contribution in [2.24, 2.45) is 0 Å². The van der Waals surface area contributed by atoms with E-state index in [1.807, 2.05) is 0 Å². The zero-order valence-corrected chi connectivity index (χ0v) is 36.5. The van der Waals surface area contributed by atoms with Crippen molar-refractivity contribution in [1.82, 2.24) is 0 Å². The minimum Gasteiger partial charge on any atom is -0.309 e. The lowest BCUT2D eigenvalue weighted by Gasteiger charge is -2.30. The summed E-state index contributed by atoms with van der Waals surface area (Å²) in [5.41, 5.74) is 18.2. The molecule has 0 atom stereocenters. The van der Waals surface area contributed by atoms with Crippen LogP contribution in [0.3, 0.4) is 0 Å². The van der Waals surface area contributed by atoms with Crippen molar-refractivity contribution in [2.45, 2.75) is 61.2 Å². The highest BCUT2D eigenvalue weighted by Gasteiger charge is 2.31. The quantitative estimate of drug-likeness (QED) is 0.110. The highest BCUT2D eigenvalue weighted by Crippen LogP contribution is 2.46. The van der Waals surface area contributed by atoms with E-state index in [0.717, 1.165) is 5.69 Å². The highest BCUT2D eigenvalue weighted by molar-refractivity contribution is 6.98. The van der Waals surface area contributed by atoms with Crippen molar-refractivity contribution in [1.29, 1.82) is 0 Å². The molecule has 284 valence electrons. The van der Waals surface area contributed by atoms with Gasteiger partial charge in [-0.3, -0.25) is 0 Å². The van der Waals surface area contributed by atoms with Crippen molar-refractivity contribution >= 4 is 85.7 Å². The van der Waals surface area contributed by atoms with Crippen molar-refractivity contribution in [2.75, 3.05) is 4.90 Å². The molecule has 0 spiro atoms. The van der Waals surface area contributed by atoms with Gasteiger partial charge in [0.15, 0.2) is 0 Å². The first-order chi connectivity index (χ1) is 27.9. The van der Waals surface area contributed by atoms with Crippen molar-refractivity contribution in [3.63, 3.8) is 0 Å². The van der Waals surface area contributed by atoms with E-state index in [-0.39, 0.29) is 6.71 Å². The van der Waals surface area contributed by atoms with E-state index in [1.54, 1.807) is 0 Å². The highest BCUT2D eigenvalue weighted by atomic mass is 28.3. The zero-order valence-electron chi connectivity index (χ0n) is 35.5. The van der Waals surface area contributed by atoms with E-state index in [1.165, 1.54) is 110 Å². The fourth-order valence-electron chi connectivity index (χ4n) is 10.1. The number of nitrogens with zero attached hydrogens (tertiary/aromatic N) is 1. The summed E-state index contributed by atoms with van der Waals surface area (Å²) in [7, 11) is -1.50. The average Bonchev–Trinajstić information content (AvgIpc) is 3.19. The van der Waals surface area contributed by atoms with E-state index >= 15 is 0 Å². The molecule has 0 bridgehead atoms. The number of rotatable bonds is 8. The largest absolute Gasteiger partial charge is 0.309 e. The number of para-hydroxylation sites is 1. The molecular formula is C55H52BNSi. The van der Waals surface area contributed by atoms with Gasteiger partial charge in [-0.25, -0.2) is 0 Å². The Bertz CT molecular complexity index is 2890. The van der Waals surface area contributed by atoms with Crippen molar-refractivity contribution < 1.29 is 0 Å². The van der Waals surface area contributed by atoms with Crippen LogP contribution in [0.25, 0.3) is 43.4 Å². The average molecular weight is 766 g/mol. The molecule has 3 heteroatoms. The molecule has 0 aliphatic heterocycles. The Morgan fingerprint density at radius 1 is 0.448 bits per heavy atom. The van der Waals surface area contributed by atoms with Gasteiger partial charge < -0.3 is 4.90 Å². The summed E-state index contributed by atoms with van der Waals surface area (Å²) in [6.45, 7) is 21.0. The number of benzene rings is 9. The second kappa shape index (κ2) is 14.5. The molecular weight excluding hydrogens is 714 g/mol. The van der Waals surface area contributed by atoms with Crippen LogP contribution < -0.4 is 26.5 Å². The van der Waals surface area contributed by atoms with Crippen LogP contribution in [0, 0.1) is 41.5 Å². The van der Waals surface area contributed by atoms with Gasteiger partial charge in [-0.05, 0) is 98.3 Å². The van der Waals surface area contributed by atoms with Gasteiger partial charge in [0.25, 0.3) is 0 Å². The third-order valence-electron chi connectivity index (χ3n) is 12.5. The Kier molecular flexibility index (Phi) is 9.41. The number of aryl methyl sites for hydroxylation is 6. The van der Waals surface area contributed by atoms with Crippen LogP contribution in [-0.4, -0.2) is 14.8 Å². The molecule has 0 radical (unpaired) electrons. The molecule has 9 aromatic rings. The molecule has 0 heterocycles. The monoisotopic (exact) mass is 765 g/mol. The van der Waals surface area contributed by atoms with E-state index in [9.17, 15) is 0 Å². The summed E-state index contributed by atoms with van der Waals surface area (Å²) in [6, 6.07) is 57.6. The van der Waals surface area contributed by atoms with Gasteiger partial charge >= 0.3 is 0 Å². The predicted octanol–water partition coefficient (Wildman–Crippen LogP) is 12.6. The Balaban J connectivity index is 1.34. The van der Waals surface area contributed by atoms with Crippen LogP contribution in [0.5, 0.6) is 0 Å². The second-order valence-electron chi connectivity index (χ2n) is 17.7. The second-order valence-corrected chi connectivity index (χ2v) is 22.8. The third kappa shape index (κ3) is 6.43. The third-order valence-corrected chi connectivity index (χ3v) is 14.6. The van der Waals surface area contributed by atoms with Gasteiger partial charge in [0.2, 0.25) is 6.71 Å². The Morgan fingerprint density at radius 3 is 1.53 bits per heavy atom. The van der Waals surface area contributed by atoms with E-state index in [4.69, 9.17) is 0 Å². The topological polar surface area (TPSA) is 3.24 Å². The molecule has 0 fully saturated rings. The summed E-state index contributed by atoms with van der Waals surface area (Å²) in [4.78, 5) is 2.50. The lowest BCUT2D eigenvalue weighted by Crippen LogP contribution is -2.56. The van der Waals surface area contributed by atoms with Gasteiger partial charge in [0.05, 0.1) is 19.4 Å². The standard InChI is InChI=1S/C55H52BNSi/c1-35-31-37(3)54(38(4)32-35)56(55-39(5)33-36(2)34-40(55)6)49-29-21-42-20-28-48-51(30-22-43-19-27-47(49)52(42)53(43)48)57(44-23-25-45(26-24-44)58(7,8)9)50-18-14-13-17-46(50)41-15-11-10-12-16-41/h10-34H,1-9H3. The lowest BCUT2D eigenvalue weighted by atomic mass is 9.33. The van der Waals surface area contributed by atoms with Crippen LogP contribution in [-0.2, 0) is 0 Å². The van der Waals surface area contributed by atoms with Crippen LogP contribution >= 0.6 is 0 Å². The number of anilines is 3. The Hall–Kier alpha value is -5.90. The fourth-order valence-corrected chi connectivity index (χ4v) is 11.2. The molecule has 9 rings (SSSR count). The molecule has 58 heavy (non-hydrogen) atoms. The maximum absolute atomic E-state index is 2.50. The normalized spacial score (nSPS) is 11.9. The van der Waals surface area contributed by atoms with E-state index in [0.29, 0.717) is 0 Å². The minimum atomic E-state index is -1.50. The molecule has 0 N–H and O–H groups in total. The first-order valence-electron chi connectivity index (χ1n) is 20.8. The van der Waals surface area contributed by atoms with Crippen LogP contribution in [0.4, 0.5) is 17.1 Å². The van der Waals surface area contributed by atoms with E-state index in [2.05, 4.69) is 218 Å². The first-order valence-corrected chi connectivity index (χ1v) is 24.3. The van der Waals surface area contributed by atoms with Crippen molar-refractivity contribution in [3.8, 4) is 11.1 Å². The van der Waals surface area contributed by atoms with Gasteiger partial charge in [-0.2, -0.15) is 0 Å². The molecule has 0 unspecified atom stereocenters. The van der Waals surface area contributed by atoms with E-state index < -0.39 is 8.07 Å². The fraction of sp³-hybridized carbons (Fsp3) is 0.164. The first kappa shape index (κ1) is 37.7. The maximum atomic E-state index is 2.50. The SMILES string of the molecule is Cc1cc(C)c(B(c2c(C)cc(C)cc2C)c2ccc3ccc4c(N(c5ccc([Si](C)(C)C)cc5)c5ccccc5-c5ccccc5)ccc5ccc2c3c54)c(C)c1. The van der Waals surface area contributed by atoms with Crippen LogP contribution in [0.15, 0.2) is 152 Å². The summed E-state index contributed by atoms with van der Waals surface area (Å²) in [5, 5.41) is 9.25. The zero-order chi connectivity index (χ0) is 40.5. The summed E-state index contributed by atoms with van der Waals surface area (Å²) in [5.74, 6) is 0. The molecule has 0 aliphatic rings. The lowest BCUT2D eigenvalue weighted by molar-refractivity contribution is 1.30. The predicted molar refractivity (Wildman–Crippen MR) is 259 cm³/mol. The van der Waals surface area contributed by atoms with Crippen LogP contribution in [0.1, 0.15) is 33.4 Å². The summed E-state index contributed by atoms with van der Waals surface area (Å²) >= 11 is 0.